The molecular formula is C42H49N5O10S. The summed E-state index contributed by atoms with van der Waals surface area (Å²) in [6.45, 7) is 5.01. The van der Waals surface area contributed by atoms with E-state index in [1.165, 1.54) is 37.4 Å². The Balaban J connectivity index is 1.53. The first-order chi connectivity index (χ1) is 27.4. The molecule has 0 aromatic heterocycles. The number of para-hydroxylation sites is 1. The van der Waals surface area contributed by atoms with Crippen molar-refractivity contribution in [2.45, 2.75) is 58.0 Å². The summed E-state index contributed by atoms with van der Waals surface area (Å²) < 4.78 is 31.9. The fraction of sp³-hybridized carbons (Fsp3) is 0.310. The number of anilines is 1. The molecule has 4 rings (SSSR count). The third-order valence-corrected chi connectivity index (χ3v) is 10.4. The van der Waals surface area contributed by atoms with Gasteiger partial charge in [0.15, 0.2) is 0 Å². The van der Waals surface area contributed by atoms with Crippen LogP contribution in [-0.4, -0.2) is 86.3 Å². The summed E-state index contributed by atoms with van der Waals surface area (Å²) >= 11 is 0. The summed E-state index contributed by atoms with van der Waals surface area (Å²) in [5.74, 6) is -3.62. The van der Waals surface area contributed by atoms with Crippen LogP contribution in [0.2, 0.25) is 0 Å². The van der Waals surface area contributed by atoms with E-state index in [1.54, 1.807) is 63.2 Å². The quantitative estimate of drug-likeness (QED) is 0.0807. The van der Waals surface area contributed by atoms with Crippen LogP contribution in [0.15, 0.2) is 103 Å². The summed E-state index contributed by atoms with van der Waals surface area (Å²) in [6, 6.07) is 25.0. The summed E-state index contributed by atoms with van der Waals surface area (Å²) in [6.07, 6.45) is -1.13. The number of carboxylic acid groups (broad SMARTS) is 1. The van der Waals surface area contributed by atoms with E-state index in [9.17, 15) is 37.5 Å². The predicted octanol–water partition coefficient (Wildman–Crippen LogP) is 3.66. The zero-order valence-corrected chi connectivity index (χ0v) is 33.7. The van der Waals surface area contributed by atoms with Gasteiger partial charge >= 0.3 is 5.97 Å². The zero-order valence-electron chi connectivity index (χ0n) is 32.8. The number of carboxylic acids is 1. The second-order valence-electron chi connectivity index (χ2n) is 14.1. The summed E-state index contributed by atoms with van der Waals surface area (Å²) in [5.41, 5.74) is 1.47. The Morgan fingerprint density at radius 2 is 1.33 bits per heavy atom. The van der Waals surface area contributed by atoms with Crippen molar-refractivity contribution in [3.8, 4) is 5.75 Å². The fourth-order valence-corrected chi connectivity index (χ4v) is 6.21. The van der Waals surface area contributed by atoms with Crippen LogP contribution in [0.25, 0.3) is 0 Å². The van der Waals surface area contributed by atoms with Crippen molar-refractivity contribution in [2.75, 3.05) is 24.2 Å². The fourth-order valence-electron chi connectivity index (χ4n) is 5.72. The van der Waals surface area contributed by atoms with Gasteiger partial charge in [0.05, 0.1) is 42.1 Å². The highest BCUT2D eigenvalue weighted by molar-refractivity contribution is 7.92. The molecule has 0 saturated carbocycles. The first kappa shape index (κ1) is 44.5. The molecule has 0 saturated heterocycles. The van der Waals surface area contributed by atoms with Crippen LogP contribution in [0, 0.1) is 5.92 Å². The molecular weight excluding hydrogens is 767 g/mol. The molecule has 0 radical (unpaired) electrons. The van der Waals surface area contributed by atoms with E-state index < -0.39 is 70.3 Å². The van der Waals surface area contributed by atoms with Crippen LogP contribution in [0.5, 0.6) is 5.75 Å². The van der Waals surface area contributed by atoms with E-state index in [-0.39, 0.29) is 41.4 Å². The minimum absolute atomic E-state index is 0.00628. The third-order valence-electron chi connectivity index (χ3n) is 9.23. The molecule has 0 aliphatic rings. The van der Waals surface area contributed by atoms with Gasteiger partial charge in [-0.25, -0.2) is 13.2 Å². The van der Waals surface area contributed by atoms with Crippen molar-refractivity contribution in [3.63, 3.8) is 0 Å². The number of ether oxygens (including phenoxy) is 1. The molecule has 15 nitrogen and oxygen atoms in total. The maximum absolute atomic E-state index is 13.9. The normalized spacial score (nSPS) is 13.3. The molecule has 308 valence electrons. The minimum Gasteiger partial charge on any atom is -0.491 e. The number of sulfonamides is 1. The standard InChI is InChI=1S/C42H49N5O10S/c1-26(2)38(41(52)43-24-28-16-18-30(19-17-28)42(53)54)46-37(49)23-36(48)35(25-57-34-14-10-7-11-15-34)45-40(51)32-20-31(21-33(22-32)47(4)58(5,55)56)39(50)44-27(3)29-12-8-6-9-13-29/h6-22,26-27,35-36,38,48H,23-25H2,1-5H3,(H,43,52)(H,44,50)(H,45,51)(H,46,49)(H,53,54)/t27-,35+,36+,38+/m1/s1. The largest absolute Gasteiger partial charge is 0.491 e. The van der Waals surface area contributed by atoms with Gasteiger partial charge in [0.1, 0.15) is 18.4 Å². The van der Waals surface area contributed by atoms with Crippen molar-refractivity contribution in [3.05, 3.63) is 131 Å². The van der Waals surface area contributed by atoms with Crippen molar-refractivity contribution in [1.29, 1.82) is 0 Å². The number of carbonyl (C=O) groups excluding carboxylic acids is 4. The number of carbonyl (C=O) groups is 5. The molecule has 0 unspecified atom stereocenters. The van der Waals surface area contributed by atoms with E-state index in [4.69, 9.17) is 9.84 Å². The number of amides is 4. The molecule has 58 heavy (non-hydrogen) atoms. The number of aliphatic hydroxyl groups excluding tert-OH is 1. The predicted molar refractivity (Wildman–Crippen MR) is 218 cm³/mol. The Hall–Kier alpha value is -6.26. The lowest BCUT2D eigenvalue weighted by atomic mass is 10.0. The average molecular weight is 816 g/mol. The first-order valence-electron chi connectivity index (χ1n) is 18.4. The summed E-state index contributed by atoms with van der Waals surface area (Å²) in [7, 11) is -2.54. The number of benzene rings is 4. The third kappa shape index (κ3) is 12.9. The summed E-state index contributed by atoms with van der Waals surface area (Å²) in [5, 5.41) is 31.5. The molecule has 4 atom stereocenters. The highest BCUT2D eigenvalue weighted by Crippen LogP contribution is 2.23. The van der Waals surface area contributed by atoms with Crippen molar-refractivity contribution < 1.29 is 47.3 Å². The Labute approximate surface area is 337 Å². The van der Waals surface area contributed by atoms with Gasteiger partial charge in [0.2, 0.25) is 21.8 Å². The first-order valence-corrected chi connectivity index (χ1v) is 20.3. The van der Waals surface area contributed by atoms with Gasteiger partial charge in [0.25, 0.3) is 11.8 Å². The number of aliphatic hydroxyl groups is 1. The molecule has 0 fully saturated rings. The lowest BCUT2D eigenvalue weighted by molar-refractivity contribution is -0.131. The lowest BCUT2D eigenvalue weighted by Gasteiger charge is -2.26. The van der Waals surface area contributed by atoms with E-state index in [2.05, 4.69) is 21.3 Å². The number of aromatic carboxylic acids is 1. The van der Waals surface area contributed by atoms with Crippen molar-refractivity contribution in [1.82, 2.24) is 21.3 Å². The van der Waals surface area contributed by atoms with Crippen LogP contribution in [0.4, 0.5) is 5.69 Å². The highest BCUT2D eigenvalue weighted by Gasteiger charge is 2.30. The molecule has 4 aromatic rings. The SMILES string of the molecule is CC(C)[C@H](NC(=O)C[C@H](O)[C@H](COc1ccccc1)NC(=O)c1cc(C(=O)N[C@H](C)c2ccccc2)cc(N(C)S(C)(=O)=O)c1)C(=O)NCc1ccc(C(=O)O)cc1. The smallest absolute Gasteiger partial charge is 0.335 e. The number of rotatable bonds is 19. The lowest BCUT2D eigenvalue weighted by Crippen LogP contribution is -2.52. The molecule has 0 heterocycles. The van der Waals surface area contributed by atoms with E-state index in [0.717, 1.165) is 16.1 Å². The minimum atomic E-state index is -3.82. The van der Waals surface area contributed by atoms with Crippen molar-refractivity contribution >= 4 is 45.3 Å². The Morgan fingerprint density at radius 3 is 1.88 bits per heavy atom. The maximum atomic E-state index is 13.9. The van der Waals surface area contributed by atoms with Gasteiger partial charge in [-0.15, -0.1) is 0 Å². The van der Waals surface area contributed by atoms with Crippen LogP contribution < -0.4 is 30.3 Å². The van der Waals surface area contributed by atoms with Gasteiger partial charge in [-0.1, -0.05) is 74.5 Å². The van der Waals surface area contributed by atoms with Crippen LogP contribution in [0.3, 0.4) is 0 Å². The molecule has 0 spiro atoms. The van der Waals surface area contributed by atoms with Gasteiger partial charge in [-0.05, 0) is 66.4 Å². The number of hydrogen-bond acceptors (Lipinski definition) is 9. The molecule has 0 aliphatic heterocycles. The number of nitrogens with zero attached hydrogens (tertiary/aromatic N) is 1. The molecule has 0 aliphatic carbocycles. The Morgan fingerprint density at radius 1 is 0.759 bits per heavy atom. The van der Waals surface area contributed by atoms with Crippen LogP contribution in [-0.2, 0) is 26.2 Å². The monoisotopic (exact) mass is 815 g/mol. The Bertz CT molecular complexity index is 2170. The van der Waals surface area contributed by atoms with Gasteiger partial charge in [0, 0.05) is 24.7 Å². The van der Waals surface area contributed by atoms with Gasteiger partial charge in [-0.2, -0.15) is 0 Å². The Kier molecular flexibility index (Phi) is 15.5. The van der Waals surface area contributed by atoms with Crippen LogP contribution >= 0.6 is 0 Å². The van der Waals surface area contributed by atoms with E-state index in [1.807, 2.05) is 30.3 Å². The van der Waals surface area contributed by atoms with E-state index >= 15 is 0 Å². The molecule has 16 heteroatoms. The average Bonchev–Trinajstić information content (AvgIpc) is 3.20. The van der Waals surface area contributed by atoms with Gasteiger partial charge in [-0.3, -0.25) is 23.5 Å². The topological polar surface area (TPSA) is 221 Å². The highest BCUT2D eigenvalue weighted by atomic mass is 32.2. The van der Waals surface area contributed by atoms with Gasteiger partial charge < -0.3 is 36.2 Å². The molecule has 4 aromatic carbocycles. The molecule has 6 N–H and O–H groups in total. The zero-order chi connectivity index (χ0) is 42.6. The second-order valence-corrected chi connectivity index (χ2v) is 16.1. The maximum Gasteiger partial charge on any atom is 0.335 e. The van der Waals surface area contributed by atoms with E-state index in [0.29, 0.717) is 11.3 Å². The number of hydrogen-bond donors (Lipinski definition) is 6. The second kappa shape index (κ2) is 20.2. The number of nitrogens with one attached hydrogen (secondary N) is 4. The van der Waals surface area contributed by atoms with Crippen molar-refractivity contribution in [2.24, 2.45) is 5.92 Å². The molecule has 0 bridgehead atoms. The summed E-state index contributed by atoms with van der Waals surface area (Å²) in [4.78, 5) is 65.1. The molecule has 4 amide bonds. The van der Waals surface area contributed by atoms with Crippen LogP contribution in [0.1, 0.15) is 75.4 Å².